The number of carboxylic acids is 1. The second-order valence-electron chi connectivity index (χ2n) is 9.03. The van der Waals surface area contributed by atoms with E-state index in [9.17, 15) is 28.0 Å². The maximum atomic E-state index is 13.9. The number of halogens is 3. The minimum atomic E-state index is -4.89. The van der Waals surface area contributed by atoms with Gasteiger partial charge in [0, 0.05) is 0 Å². The number of ether oxygens (including phenoxy) is 1. The zero-order valence-corrected chi connectivity index (χ0v) is 21.0. The number of aliphatic carboxylic acids is 1. The third-order valence-electron chi connectivity index (χ3n) is 6.27. The number of nitriles is 1. The zero-order valence-electron chi connectivity index (χ0n) is 21.0. The van der Waals surface area contributed by atoms with Gasteiger partial charge in [0.15, 0.2) is 6.61 Å². The molecule has 0 spiro atoms. The summed E-state index contributed by atoms with van der Waals surface area (Å²) in [7, 11) is 0. The molecule has 0 saturated heterocycles. The number of benzene rings is 3. The Hall–Kier alpha value is -4.84. The van der Waals surface area contributed by atoms with Crippen LogP contribution in [0.15, 0.2) is 77.6 Å². The van der Waals surface area contributed by atoms with E-state index in [1.165, 1.54) is 10.6 Å². The Bertz CT molecular complexity index is 1630. The SMILES string of the molecule is Cc1ccc(Cn2c(-c3ccc(-c4ccc(OCC(=O)O)cc4)cc3)cc(C(F)(F)F)c(C#N)c2=O)c(C)c1. The highest BCUT2D eigenvalue weighted by atomic mass is 19.4. The Morgan fingerprint density at radius 3 is 2.08 bits per heavy atom. The van der Waals surface area contributed by atoms with Crippen LogP contribution < -0.4 is 10.3 Å². The summed E-state index contributed by atoms with van der Waals surface area (Å²) in [6.45, 7) is 3.29. The lowest BCUT2D eigenvalue weighted by atomic mass is 9.99. The smallest absolute Gasteiger partial charge is 0.417 e. The van der Waals surface area contributed by atoms with Gasteiger partial charge in [-0.25, -0.2) is 4.79 Å². The number of carboxylic acid groups (broad SMARTS) is 1. The van der Waals surface area contributed by atoms with Crippen molar-refractivity contribution < 1.29 is 27.8 Å². The van der Waals surface area contributed by atoms with Gasteiger partial charge < -0.3 is 14.4 Å². The van der Waals surface area contributed by atoms with Crippen molar-refractivity contribution in [3.8, 4) is 34.2 Å². The van der Waals surface area contributed by atoms with Crippen molar-refractivity contribution in [1.82, 2.24) is 4.57 Å². The quantitative estimate of drug-likeness (QED) is 0.306. The molecule has 1 heterocycles. The molecule has 9 heteroatoms. The molecule has 6 nitrogen and oxygen atoms in total. The fourth-order valence-corrected chi connectivity index (χ4v) is 4.29. The Kier molecular flexibility index (Phi) is 7.58. The van der Waals surface area contributed by atoms with Crippen molar-refractivity contribution in [2.75, 3.05) is 6.61 Å². The first-order chi connectivity index (χ1) is 18.5. The van der Waals surface area contributed by atoms with Gasteiger partial charge in [-0.2, -0.15) is 18.4 Å². The van der Waals surface area contributed by atoms with E-state index < -0.39 is 35.4 Å². The number of aromatic nitrogens is 1. The van der Waals surface area contributed by atoms with E-state index in [-0.39, 0.29) is 12.2 Å². The third kappa shape index (κ3) is 6.02. The van der Waals surface area contributed by atoms with Crippen LogP contribution in [0.4, 0.5) is 13.2 Å². The molecule has 0 amide bonds. The normalized spacial score (nSPS) is 11.2. The van der Waals surface area contributed by atoms with Crippen LogP contribution in [0.5, 0.6) is 5.75 Å². The van der Waals surface area contributed by atoms with Crippen LogP contribution in [0.25, 0.3) is 22.4 Å². The molecule has 4 rings (SSSR count). The maximum absolute atomic E-state index is 13.9. The minimum Gasteiger partial charge on any atom is -0.482 e. The molecule has 39 heavy (non-hydrogen) atoms. The van der Waals surface area contributed by atoms with Gasteiger partial charge in [0.05, 0.1) is 17.8 Å². The molecule has 0 saturated carbocycles. The molecule has 198 valence electrons. The molecule has 1 aromatic heterocycles. The van der Waals surface area contributed by atoms with E-state index in [2.05, 4.69) is 0 Å². The predicted octanol–water partition coefficient (Wildman–Crippen LogP) is 6.20. The van der Waals surface area contributed by atoms with Gasteiger partial charge in [0.2, 0.25) is 0 Å². The van der Waals surface area contributed by atoms with Gasteiger partial charge in [-0.15, -0.1) is 0 Å². The fourth-order valence-electron chi connectivity index (χ4n) is 4.29. The number of aryl methyl sites for hydroxylation is 2. The average Bonchev–Trinajstić information content (AvgIpc) is 2.89. The Morgan fingerprint density at radius 2 is 1.54 bits per heavy atom. The maximum Gasteiger partial charge on any atom is 0.417 e. The summed E-state index contributed by atoms with van der Waals surface area (Å²) in [6.07, 6.45) is -4.89. The van der Waals surface area contributed by atoms with Crippen molar-refractivity contribution in [2.45, 2.75) is 26.6 Å². The lowest BCUT2D eigenvalue weighted by Crippen LogP contribution is -2.29. The van der Waals surface area contributed by atoms with Gasteiger partial charge in [-0.05, 0) is 59.9 Å². The Morgan fingerprint density at radius 1 is 0.949 bits per heavy atom. The summed E-state index contributed by atoms with van der Waals surface area (Å²) in [6, 6.07) is 21.2. The molecule has 3 aromatic carbocycles. The van der Waals surface area contributed by atoms with Crippen molar-refractivity contribution in [3.05, 3.63) is 111 Å². The topological polar surface area (TPSA) is 92.3 Å². The van der Waals surface area contributed by atoms with Gasteiger partial charge in [-0.3, -0.25) is 4.79 Å². The first-order valence-electron chi connectivity index (χ1n) is 11.8. The Balaban J connectivity index is 1.78. The predicted molar refractivity (Wildman–Crippen MR) is 139 cm³/mol. The number of rotatable bonds is 7. The summed E-state index contributed by atoms with van der Waals surface area (Å²) < 4.78 is 47.9. The molecule has 0 unspecified atom stereocenters. The van der Waals surface area contributed by atoms with E-state index in [1.54, 1.807) is 48.5 Å². The van der Waals surface area contributed by atoms with E-state index in [0.29, 0.717) is 11.3 Å². The largest absolute Gasteiger partial charge is 0.482 e. The second-order valence-corrected chi connectivity index (χ2v) is 9.03. The molecular weight excluding hydrogens is 509 g/mol. The summed E-state index contributed by atoms with van der Waals surface area (Å²) in [5.74, 6) is -0.715. The average molecular weight is 533 g/mol. The highest BCUT2D eigenvalue weighted by Crippen LogP contribution is 2.34. The Labute approximate surface area is 222 Å². The summed E-state index contributed by atoms with van der Waals surface area (Å²) in [4.78, 5) is 23.9. The highest BCUT2D eigenvalue weighted by Gasteiger charge is 2.36. The van der Waals surface area contributed by atoms with Crippen LogP contribution in [-0.2, 0) is 17.5 Å². The number of hydrogen-bond acceptors (Lipinski definition) is 4. The van der Waals surface area contributed by atoms with Crippen LogP contribution >= 0.6 is 0 Å². The van der Waals surface area contributed by atoms with E-state index in [4.69, 9.17) is 9.84 Å². The molecule has 1 N–H and O–H groups in total. The molecule has 0 radical (unpaired) electrons. The van der Waals surface area contributed by atoms with Gasteiger partial charge in [0.25, 0.3) is 5.56 Å². The molecule has 0 aliphatic carbocycles. The van der Waals surface area contributed by atoms with Crippen molar-refractivity contribution in [2.24, 2.45) is 0 Å². The van der Waals surface area contributed by atoms with Crippen molar-refractivity contribution >= 4 is 5.97 Å². The van der Waals surface area contributed by atoms with E-state index in [0.717, 1.165) is 33.9 Å². The second kappa shape index (κ2) is 10.9. The zero-order chi connectivity index (χ0) is 28.3. The standard InChI is InChI=1S/C30H23F3N2O4/c1-18-3-4-23(19(2)13-18)16-35-27(14-26(30(31,32)33)25(15-34)29(35)38)22-7-5-20(6-8-22)21-9-11-24(12-10-21)39-17-28(36)37/h3-14H,16-17H2,1-2H3,(H,36,37). The van der Waals surface area contributed by atoms with E-state index in [1.807, 2.05) is 32.0 Å². The lowest BCUT2D eigenvalue weighted by Gasteiger charge is -2.19. The monoisotopic (exact) mass is 532 g/mol. The van der Waals surface area contributed by atoms with Crippen LogP contribution in [-0.4, -0.2) is 22.2 Å². The first kappa shape index (κ1) is 27.2. The molecule has 0 bridgehead atoms. The number of carbonyl (C=O) groups is 1. The van der Waals surface area contributed by atoms with Crippen LogP contribution in [0.1, 0.15) is 27.8 Å². The lowest BCUT2D eigenvalue weighted by molar-refractivity contribution is -0.139. The number of pyridine rings is 1. The number of alkyl halides is 3. The number of nitrogens with zero attached hydrogens (tertiary/aromatic N) is 2. The first-order valence-corrected chi connectivity index (χ1v) is 11.8. The summed E-state index contributed by atoms with van der Waals surface area (Å²) >= 11 is 0. The highest BCUT2D eigenvalue weighted by molar-refractivity contribution is 5.71. The van der Waals surface area contributed by atoms with Gasteiger partial charge in [-0.1, -0.05) is 60.2 Å². The van der Waals surface area contributed by atoms with Crippen LogP contribution in [0, 0.1) is 25.2 Å². The third-order valence-corrected chi connectivity index (χ3v) is 6.27. The van der Waals surface area contributed by atoms with Crippen LogP contribution in [0.2, 0.25) is 0 Å². The van der Waals surface area contributed by atoms with Gasteiger partial charge >= 0.3 is 12.1 Å². The molecule has 0 fully saturated rings. The molecule has 4 aromatic rings. The molecular formula is C30H23F3N2O4. The van der Waals surface area contributed by atoms with Crippen LogP contribution in [0.3, 0.4) is 0 Å². The summed E-state index contributed by atoms with van der Waals surface area (Å²) in [5.41, 5.74) is 1.32. The molecule has 0 aliphatic heterocycles. The fraction of sp³-hybridized carbons (Fsp3) is 0.167. The number of hydrogen-bond donors (Lipinski definition) is 1. The van der Waals surface area contributed by atoms with E-state index >= 15 is 0 Å². The minimum absolute atomic E-state index is 0.00729. The molecule has 0 atom stereocenters. The molecule has 0 aliphatic rings. The van der Waals surface area contributed by atoms with Gasteiger partial charge in [0.1, 0.15) is 17.4 Å². The van der Waals surface area contributed by atoms with Crippen molar-refractivity contribution in [3.63, 3.8) is 0 Å². The summed E-state index contributed by atoms with van der Waals surface area (Å²) in [5, 5.41) is 18.2. The van der Waals surface area contributed by atoms with Crippen molar-refractivity contribution in [1.29, 1.82) is 5.26 Å².